The first-order valence-corrected chi connectivity index (χ1v) is 12.8. The molecule has 154 valence electrons. The van der Waals surface area contributed by atoms with Crippen LogP contribution in [0.15, 0.2) is 47.4 Å². The minimum Gasteiger partial charge on any atom is -0.335 e. The van der Waals surface area contributed by atoms with E-state index >= 15 is 0 Å². The molecule has 0 unspecified atom stereocenters. The van der Waals surface area contributed by atoms with E-state index in [-0.39, 0.29) is 28.8 Å². The quantitative estimate of drug-likeness (QED) is 0.420. The highest BCUT2D eigenvalue weighted by Crippen LogP contribution is 2.51. The van der Waals surface area contributed by atoms with E-state index < -0.39 is 10.0 Å². The minimum absolute atomic E-state index is 0.00507. The zero-order valence-electron chi connectivity index (χ0n) is 16.2. The number of alkyl halides is 1. The number of hydrogen-bond donors (Lipinski definition) is 0. The second kappa shape index (κ2) is 7.74. The first-order valence-electron chi connectivity index (χ1n) is 9.49. The maximum absolute atomic E-state index is 13.7. The van der Waals surface area contributed by atoms with Gasteiger partial charge in [0.2, 0.25) is 5.91 Å². The lowest BCUT2D eigenvalue weighted by atomic mass is 9.83. The molecule has 0 aliphatic carbocycles. The summed E-state index contributed by atoms with van der Waals surface area (Å²) in [5.41, 5.74) is 2.44. The van der Waals surface area contributed by atoms with Crippen LogP contribution < -0.4 is 4.31 Å². The maximum atomic E-state index is 13.7. The highest BCUT2D eigenvalue weighted by Gasteiger charge is 2.50. The normalized spacial score (nSPS) is 23.7. The van der Waals surface area contributed by atoms with Crippen LogP contribution >= 0.6 is 34.2 Å². The first kappa shape index (κ1) is 20.9. The third kappa shape index (κ3) is 3.45. The predicted molar refractivity (Wildman–Crippen MR) is 123 cm³/mol. The Bertz CT molecular complexity index is 1060. The highest BCUT2D eigenvalue weighted by atomic mass is 127. The van der Waals surface area contributed by atoms with Crippen molar-refractivity contribution in [3.05, 3.63) is 58.6 Å². The Morgan fingerprint density at radius 2 is 1.90 bits per heavy atom. The number of sulfonamides is 1. The molecule has 4 rings (SSSR count). The Hall–Kier alpha value is -1.32. The van der Waals surface area contributed by atoms with Crippen molar-refractivity contribution in [1.29, 1.82) is 0 Å². The summed E-state index contributed by atoms with van der Waals surface area (Å²) in [6.45, 7) is 4.13. The largest absolute Gasteiger partial charge is 0.335 e. The molecule has 3 atom stereocenters. The summed E-state index contributed by atoms with van der Waals surface area (Å²) in [6.07, 6.45) is 0.768. The average Bonchev–Trinajstić information content (AvgIpc) is 3.12. The van der Waals surface area contributed by atoms with E-state index in [1.165, 1.54) is 0 Å². The van der Waals surface area contributed by atoms with Gasteiger partial charge in [-0.05, 0) is 43.7 Å². The molecule has 0 aromatic heterocycles. The summed E-state index contributed by atoms with van der Waals surface area (Å²) in [4.78, 5) is 14.4. The Kier molecular flexibility index (Phi) is 5.59. The molecule has 0 bridgehead atoms. The molecule has 2 heterocycles. The summed E-state index contributed by atoms with van der Waals surface area (Å²) in [5, 5.41) is 0.540. The molecule has 1 fully saturated rings. The Balaban J connectivity index is 1.92. The number of carbonyl (C=O) groups excluding carboxylic acids is 1. The third-order valence-corrected chi connectivity index (χ3v) is 8.92. The lowest BCUT2D eigenvalue weighted by Crippen LogP contribution is -2.51. The number of halogens is 2. The van der Waals surface area contributed by atoms with E-state index in [2.05, 4.69) is 22.6 Å². The van der Waals surface area contributed by atoms with Crippen molar-refractivity contribution >= 4 is 55.8 Å². The standard InChI is InChI=1S/C21H22ClIN2O3S/c1-13-3-6-16(7-4-13)29(27,28)25-19-8-5-15(22)11-18(19)21-17(20(25)12-23)9-10-24(21)14(2)26/h3-8,11,17,20-21H,9-10,12H2,1-2H3/t17-,20-,21-/m1/s1. The SMILES string of the molecule is CC(=O)N1CC[C@@H]2[C@@H](CI)N(S(=O)(=O)c3ccc(C)cc3)c3ccc(Cl)cc3[C@@H]21. The molecule has 0 saturated carbocycles. The van der Waals surface area contributed by atoms with E-state index in [4.69, 9.17) is 11.6 Å². The van der Waals surface area contributed by atoms with Gasteiger partial charge < -0.3 is 4.90 Å². The van der Waals surface area contributed by atoms with Crippen LogP contribution in [0.25, 0.3) is 0 Å². The number of aryl methyl sites for hydroxylation is 1. The number of amides is 1. The Morgan fingerprint density at radius 3 is 2.52 bits per heavy atom. The van der Waals surface area contributed by atoms with Crippen molar-refractivity contribution in [2.45, 2.75) is 37.2 Å². The van der Waals surface area contributed by atoms with Gasteiger partial charge in [-0.25, -0.2) is 8.42 Å². The van der Waals surface area contributed by atoms with Crippen molar-refractivity contribution in [3.63, 3.8) is 0 Å². The number of hydrogen-bond acceptors (Lipinski definition) is 3. The molecule has 29 heavy (non-hydrogen) atoms. The fourth-order valence-corrected chi connectivity index (χ4v) is 7.81. The molecular formula is C21H22ClIN2O3S. The summed E-state index contributed by atoms with van der Waals surface area (Å²) >= 11 is 8.55. The van der Waals surface area contributed by atoms with Gasteiger partial charge in [-0.3, -0.25) is 9.10 Å². The fourth-order valence-electron chi connectivity index (χ4n) is 4.60. The van der Waals surface area contributed by atoms with Gasteiger partial charge in [-0.2, -0.15) is 0 Å². The summed E-state index contributed by atoms with van der Waals surface area (Å²) in [5.74, 6) is 0.0347. The molecule has 2 aliphatic rings. The van der Waals surface area contributed by atoms with Gasteiger partial charge in [-0.15, -0.1) is 0 Å². The highest BCUT2D eigenvalue weighted by molar-refractivity contribution is 14.1. The number of fused-ring (bicyclic) bond motifs is 3. The summed E-state index contributed by atoms with van der Waals surface area (Å²) in [6, 6.07) is 11.9. The molecule has 0 radical (unpaired) electrons. The summed E-state index contributed by atoms with van der Waals surface area (Å²) in [7, 11) is -3.76. The van der Waals surface area contributed by atoms with Crippen molar-refractivity contribution < 1.29 is 13.2 Å². The number of anilines is 1. The Morgan fingerprint density at radius 1 is 1.21 bits per heavy atom. The van der Waals surface area contributed by atoms with Gasteiger partial charge in [0.25, 0.3) is 10.0 Å². The predicted octanol–water partition coefficient (Wildman–Crippen LogP) is 4.57. The van der Waals surface area contributed by atoms with Gasteiger partial charge in [0.05, 0.1) is 22.7 Å². The van der Waals surface area contributed by atoms with Crippen LogP contribution in [-0.2, 0) is 14.8 Å². The number of benzene rings is 2. The van der Waals surface area contributed by atoms with Crippen LogP contribution in [0.1, 0.15) is 30.5 Å². The maximum Gasteiger partial charge on any atom is 0.264 e. The minimum atomic E-state index is -3.76. The van der Waals surface area contributed by atoms with E-state index in [1.54, 1.807) is 35.5 Å². The van der Waals surface area contributed by atoms with Crippen LogP contribution in [0, 0.1) is 12.8 Å². The molecule has 5 nitrogen and oxygen atoms in total. The molecule has 2 aromatic carbocycles. The van der Waals surface area contributed by atoms with Crippen molar-refractivity contribution in [1.82, 2.24) is 4.90 Å². The number of carbonyl (C=O) groups is 1. The van der Waals surface area contributed by atoms with Gasteiger partial charge in [0.15, 0.2) is 0 Å². The van der Waals surface area contributed by atoms with Crippen molar-refractivity contribution in [2.75, 3.05) is 15.3 Å². The van der Waals surface area contributed by atoms with E-state index in [9.17, 15) is 13.2 Å². The fraction of sp³-hybridized carbons (Fsp3) is 0.381. The third-order valence-electron chi connectivity index (χ3n) is 5.93. The number of nitrogens with zero attached hydrogens (tertiary/aromatic N) is 2. The Labute approximate surface area is 190 Å². The molecule has 0 spiro atoms. The monoisotopic (exact) mass is 544 g/mol. The van der Waals surface area contributed by atoms with Crippen LogP contribution in [0.3, 0.4) is 0 Å². The molecular weight excluding hydrogens is 523 g/mol. The second-order valence-corrected chi connectivity index (χ2v) is 10.8. The second-order valence-electron chi connectivity index (χ2n) is 7.65. The van der Waals surface area contributed by atoms with Crippen molar-refractivity contribution in [2.24, 2.45) is 5.92 Å². The van der Waals surface area contributed by atoms with Crippen LogP contribution in [-0.4, -0.2) is 36.2 Å². The van der Waals surface area contributed by atoms with Gasteiger partial charge in [-0.1, -0.05) is 51.9 Å². The smallest absolute Gasteiger partial charge is 0.264 e. The molecule has 2 aliphatic heterocycles. The number of rotatable bonds is 3. The summed E-state index contributed by atoms with van der Waals surface area (Å²) < 4.78 is 29.7. The van der Waals surface area contributed by atoms with Crippen molar-refractivity contribution in [3.8, 4) is 0 Å². The zero-order valence-corrected chi connectivity index (χ0v) is 19.9. The van der Waals surface area contributed by atoms with Crippen LogP contribution in [0.4, 0.5) is 5.69 Å². The molecule has 8 heteroatoms. The lowest BCUT2D eigenvalue weighted by molar-refractivity contribution is -0.130. The van der Waals surface area contributed by atoms with Gasteiger partial charge in [0, 0.05) is 34.4 Å². The zero-order chi connectivity index (χ0) is 20.9. The van der Waals surface area contributed by atoms with Crippen LogP contribution in [0.5, 0.6) is 0 Å². The van der Waals surface area contributed by atoms with Gasteiger partial charge >= 0.3 is 0 Å². The van der Waals surface area contributed by atoms with Gasteiger partial charge in [0.1, 0.15) is 0 Å². The topological polar surface area (TPSA) is 57.7 Å². The van der Waals surface area contributed by atoms with E-state index in [0.717, 1.165) is 17.5 Å². The van der Waals surface area contributed by atoms with Crippen LogP contribution in [0.2, 0.25) is 5.02 Å². The molecule has 1 amide bonds. The molecule has 2 aromatic rings. The molecule has 0 N–H and O–H groups in total. The first-order chi connectivity index (χ1) is 13.8. The van der Waals surface area contributed by atoms with E-state index in [0.29, 0.717) is 21.7 Å². The average molecular weight is 545 g/mol. The number of likely N-dealkylation sites (tertiary alicyclic amines) is 1. The van der Waals surface area contributed by atoms with E-state index in [1.807, 2.05) is 30.0 Å². The lowest BCUT2D eigenvalue weighted by Gasteiger charge is -2.45. The molecule has 1 saturated heterocycles.